The molecule has 3 atom stereocenters. The fraction of sp³-hybridized carbons (Fsp3) is 0.571. The molecule has 2 aliphatic rings. The lowest BCUT2D eigenvalue weighted by Crippen LogP contribution is -2.40. The molecule has 1 heterocycles. The van der Waals surface area contributed by atoms with Gasteiger partial charge in [-0.1, -0.05) is 30.3 Å². The van der Waals surface area contributed by atoms with Crippen LogP contribution in [0.4, 0.5) is 0 Å². The Hall–Kier alpha value is -1.85. The van der Waals surface area contributed by atoms with Crippen LogP contribution in [-0.4, -0.2) is 30.5 Å². The molecule has 0 bridgehead atoms. The predicted molar refractivity (Wildman–Crippen MR) is 98.9 cm³/mol. The van der Waals surface area contributed by atoms with Crippen LogP contribution in [0.3, 0.4) is 0 Å². The average Bonchev–Trinajstić information content (AvgIpc) is 3.51. The van der Waals surface area contributed by atoms with Crippen LogP contribution in [0, 0.1) is 17.8 Å². The second-order valence-electron chi connectivity index (χ2n) is 7.09. The standard InChI is InChI=1S/C21H29NO4/c1-2-25-21-17(9-6-12-23)18(16-10-11-16)13-19(26-21)20(24)22-14-15-7-4-3-5-8-15/h3-5,7-8,13,16-18,21,23H,2,6,9-12,14H2,1H3,(H,22,24)/t17-,18-,21-/m1/s1. The number of amides is 1. The van der Waals surface area contributed by atoms with Crippen LogP contribution >= 0.6 is 0 Å². The first-order valence-corrected chi connectivity index (χ1v) is 9.66. The van der Waals surface area contributed by atoms with Crippen molar-refractivity contribution in [3.8, 4) is 0 Å². The topological polar surface area (TPSA) is 67.8 Å². The molecule has 1 amide bonds. The van der Waals surface area contributed by atoms with Gasteiger partial charge in [-0.25, -0.2) is 0 Å². The highest BCUT2D eigenvalue weighted by atomic mass is 16.7. The maximum Gasteiger partial charge on any atom is 0.286 e. The molecule has 142 valence electrons. The molecule has 1 aliphatic carbocycles. The van der Waals surface area contributed by atoms with Gasteiger partial charge >= 0.3 is 0 Å². The number of carbonyl (C=O) groups excluding carboxylic acids is 1. The summed E-state index contributed by atoms with van der Waals surface area (Å²) < 4.78 is 11.8. The average molecular weight is 359 g/mol. The molecule has 26 heavy (non-hydrogen) atoms. The number of aliphatic hydroxyl groups excluding tert-OH is 1. The third-order valence-corrected chi connectivity index (χ3v) is 5.14. The van der Waals surface area contributed by atoms with Gasteiger partial charge in [0.25, 0.3) is 5.91 Å². The lowest BCUT2D eigenvalue weighted by Gasteiger charge is -2.37. The van der Waals surface area contributed by atoms with Gasteiger partial charge in [-0.15, -0.1) is 0 Å². The lowest BCUT2D eigenvalue weighted by molar-refractivity contribution is -0.173. The maximum atomic E-state index is 12.6. The second-order valence-corrected chi connectivity index (χ2v) is 7.09. The van der Waals surface area contributed by atoms with Crippen molar-refractivity contribution in [3.05, 3.63) is 47.7 Å². The zero-order valence-corrected chi connectivity index (χ0v) is 15.4. The van der Waals surface area contributed by atoms with E-state index < -0.39 is 6.29 Å². The van der Waals surface area contributed by atoms with Crippen molar-refractivity contribution in [1.29, 1.82) is 0 Å². The smallest absolute Gasteiger partial charge is 0.286 e. The molecule has 3 rings (SSSR count). The van der Waals surface area contributed by atoms with Crippen molar-refractivity contribution in [2.24, 2.45) is 17.8 Å². The van der Waals surface area contributed by atoms with Gasteiger partial charge in [0.2, 0.25) is 6.29 Å². The van der Waals surface area contributed by atoms with Crippen molar-refractivity contribution in [2.75, 3.05) is 13.2 Å². The molecule has 1 fully saturated rings. The Morgan fingerprint density at radius 3 is 2.73 bits per heavy atom. The summed E-state index contributed by atoms with van der Waals surface area (Å²) in [5.74, 6) is 1.26. The van der Waals surface area contributed by atoms with E-state index in [1.165, 1.54) is 12.8 Å². The van der Waals surface area contributed by atoms with Crippen LogP contribution in [0.1, 0.15) is 38.2 Å². The van der Waals surface area contributed by atoms with E-state index in [1.807, 2.05) is 43.3 Å². The van der Waals surface area contributed by atoms with Gasteiger partial charge in [-0.05, 0) is 56.1 Å². The minimum Gasteiger partial charge on any atom is -0.459 e. The molecule has 1 aliphatic heterocycles. The van der Waals surface area contributed by atoms with Crippen molar-refractivity contribution < 1.29 is 19.4 Å². The Labute approximate surface area is 155 Å². The van der Waals surface area contributed by atoms with Crippen molar-refractivity contribution in [1.82, 2.24) is 5.32 Å². The predicted octanol–water partition coefficient (Wildman–Crippen LogP) is 2.99. The zero-order chi connectivity index (χ0) is 18.4. The Morgan fingerprint density at radius 2 is 2.08 bits per heavy atom. The molecule has 1 aromatic rings. The fourth-order valence-electron chi connectivity index (χ4n) is 3.67. The summed E-state index contributed by atoms with van der Waals surface area (Å²) in [7, 11) is 0. The SMILES string of the molecule is CCO[C@@H]1OC(C(=O)NCc2ccccc2)=C[C@H](C2CC2)[C@H]1CCCO. The number of nitrogens with one attached hydrogen (secondary N) is 1. The van der Waals surface area contributed by atoms with Crippen molar-refractivity contribution in [3.63, 3.8) is 0 Å². The van der Waals surface area contributed by atoms with Gasteiger partial charge < -0.3 is 19.9 Å². The summed E-state index contributed by atoms with van der Waals surface area (Å²) in [6.07, 6.45) is 5.53. The van der Waals surface area contributed by atoms with E-state index in [2.05, 4.69) is 5.32 Å². The van der Waals surface area contributed by atoms with Gasteiger partial charge in [0, 0.05) is 25.7 Å². The van der Waals surface area contributed by atoms with Gasteiger partial charge in [0.15, 0.2) is 5.76 Å². The number of aliphatic hydroxyl groups is 1. The molecule has 5 heteroatoms. The number of hydrogen-bond donors (Lipinski definition) is 2. The summed E-state index contributed by atoms with van der Waals surface area (Å²) in [5, 5.41) is 12.2. The largest absolute Gasteiger partial charge is 0.459 e. The first kappa shape index (κ1) is 18.9. The molecule has 0 saturated heterocycles. The molecular formula is C21H29NO4. The van der Waals surface area contributed by atoms with E-state index in [9.17, 15) is 9.90 Å². The van der Waals surface area contributed by atoms with Crippen LogP contribution in [0.15, 0.2) is 42.2 Å². The number of rotatable bonds is 9. The Morgan fingerprint density at radius 1 is 1.31 bits per heavy atom. The zero-order valence-electron chi connectivity index (χ0n) is 15.4. The normalized spacial score (nSPS) is 25.3. The molecule has 2 N–H and O–H groups in total. The molecule has 0 spiro atoms. The first-order valence-electron chi connectivity index (χ1n) is 9.66. The highest BCUT2D eigenvalue weighted by Gasteiger charge is 2.43. The highest BCUT2D eigenvalue weighted by molar-refractivity contribution is 5.91. The lowest BCUT2D eigenvalue weighted by atomic mass is 9.82. The quantitative estimate of drug-likeness (QED) is 0.711. The van der Waals surface area contributed by atoms with E-state index in [0.717, 1.165) is 18.4 Å². The Balaban J connectivity index is 1.69. The number of allylic oxidation sites excluding steroid dienone is 1. The van der Waals surface area contributed by atoms with Crippen LogP contribution in [0.5, 0.6) is 0 Å². The molecule has 1 saturated carbocycles. The van der Waals surface area contributed by atoms with E-state index in [-0.39, 0.29) is 24.3 Å². The van der Waals surface area contributed by atoms with Gasteiger partial charge in [0.05, 0.1) is 0 Å². The molecule has 5 nitrogen and oxygen atoms in total. The van der Waals surface area contributed by atoms with Gasteiger partial charge in [-0.3, -0.25) is 4.79 Å². The third-order valence-electron chi connectivity index (χ3n) is 5.14. The van der Waals surface area contributed by atoms with Crippen LogP contribution < -0.4 is 5.32 Å². The molecule has 0 aromatic heterocycles. The minimum atomic E-state index is -0.417. The van der Waals surface area contributed by atoms with E-state index >= 15 is 0 Å². The molecule has 1 aromatic carbocycles. The first-order chi connectivity index (χ1) is 12.7. The monoisotopic (exact) mass is 359 g/mol. The van der Waals surface area contributed by atoms with Crippen molar-refractivity contribution >= 4 is 5.91 Å². The second kappa shape index (κ2) is 9.19. The van der Waals surface area contributed by atoms with Crippen LogP contribution in [0.25, 0.3) is 0 Å². The summed E-state index contributed by atoms with van der Waals surface area (Å²) in [6, 6.07) is 9.84. The van der Waals surface area contributed by atoms with E-state index in [1.54, 1.807) is 0 Å². The fourth-order valence-corrected chi connectivity index (χ4v) is 3.67. The van der Waals surface area contributed by atoms with Gasteiger partial charge in [-0.2, -0.15) is 0 Å². The van der Waals surface area contributed by atoms with Gasteiger partial charge in [0.1, 0.15) is 0 Å². The molecule has 0 unspecified atom stereocenters. The van der Waals surface area contributed by atoms with Crippen molar-refractivity contribution in [2.45, 2.75) is 45.4 Å². The third kappa shape index (κ3) is 4.86. The number of ether oxygens (including phenoxy) is 2. The number of benzene rings is 1. The molecule has 0 radical (unpaired) electrons. The summed E-state index contributed by atoms with van der Waals surface area (Å²) in [6.45, 7) is 3.12. The Bertz CT molecular complexity index is 612. The summed E-state index contributed by atoms with van der Waals surface area (Å²) in [4.78, 5) is 12.6. The molecular weight excluding hydrogens is 330 g/mol. The maximum absolute atomic E-state index is 12.6. The number of hydrogen-bond acceptors (Lipinski definition) is 4. The van der Waals surface area contributed by atoms with E-state index in [0.29, 0.717) is 24.8 Å². The van der Waals surface area contributed by atoms with Crippen LogP contribution in [0.2, 0.25) is 0 Å². The Kier molecular flexibility index (Phi) is 6.69. The minimum absolute atomic E-state index is 0.168. The van der Waals surface area contributed by atoms with E-state index in [4.69, 9.17) is 9.47 Å². The van der Waals surface area contributed by atoms with Crippen LogP contribution in [-0.2, 0) is 20.8 Å². The highest BCUT2D eigenvalue weighted by Crippen LogP contribution is 2.47. The summed E-state index contributed by atoms with van der Waals surface area (Å²) in [5.41, 5.74) is 1.05. The summed E-state index contributed by atoms with van der Waals surface area (Å²) >= 11 is 0. The number of carbonyl (C=O) groups is 1.